The smallest absolute Gasteiger partial charge is 0.336 e. The molecule has 0 heterocycles. The molecule has 20 heavy (non-hydrogen) atoms. The zero-order valence-corrected chi connectivity index (χ0v) is 11.5. The standard InChI is InChI=1S/C15H17NO4/c1-3-12(17)14(15(19)20-2)16-13(18)10-9-11-7-5-4-6-8-11/h4-10,14H,3H2,1-2H3,(H,16,18)/b10-9+. The minimum absolute atomic E-state index is 0.141. The molecule has 0 radical (unpaired) electrons. The highest BCUT2D eigenvalue weighted by molar-refractivity contribution is 6.07. The molecule has 5 heteroatoms. The van der Waals surface area contributed by atoms with E-state index in [2.05, 4.69) is 10.1 Å². The lowest BCUT2D eigenvalue weighted by atomic mass is 10.1. The van der Waals surface area contributed by atoms with Crippen molar-refractivity contribution < 1.29 is 19.1 Å². The van der Waals surface area contributed by atoms with Gasteiger partial charge in [0.2, 0.25) is 5.91 Å². The van der Waals surface area contributed by atoms with Crippen LogP contribution in [0.5, 0.6) is 0 Å². The molecular formula is C15H17NO4. The second kappa shape index (κ2) is 7.89. The second-order valence-electron chi connectivity index (χ2n) is 4.03. The van der Waals surface area contributed by atoms with Crippen LogP contribution in [0.4, 0.5) is 0 Å². The van der Waals surface area contributed by atoms with Gasteiger partial charge in [0.15, 0.2) is 11.8 Å². The third kappa shape index (κ3) is 4.68. The Hall–Kier alpha value is -2.43. The minimum Gasteiger partial charge on any atom is -0.467 e. The van der Waals surface area contributed by atoms with Gasteiger partial charge in [-0.2, -0.15) is 0 Å². The summed E-state index contributed by atoms with van der Waals surface area (Å²) >= 11 is 0. The summed E-state index contributed by atoms with van der Waals surface area (Å²) in [4.78, 5) is 34.7. The number of carbonyl (C=O) groups excluding carboxylic acids is 3. The molecule has 0 aromatic heterocycles. The first kappa shape index (κ1) is 15.6. The van der Waals surface area contributed by atoms with Crippen LogP contribution in [-0.4, -0.2) is 30.8 Å². The lowest BCUT2D eigenvalue weighted by molar-refractivity contribution is -0.148. The Morgan fingerprint density at radius 3 is 2.45 bits per heavy atom. The maximum atomic E-state index is 11.7. The highest BCUT2D eigenvalue weighted by atomic mass is 16.5. The van der Waals surface area contributed by atoms with E-state index in [0.29, 0.717) is 0 Å². The molecule has 0 saturated heterocycles. The molecule has 1 atom stereocenters. The van der Waals surface area contributed by atoms with Gasteiger partial charge < -0.3 is 10.1 Å². The summed E-state index contributed by atoms with van der Waals surface area (Å²) in [6.45, 7) is 1.62. The van der Waals surface area contributed by atoms with Crippen LogP contribution in [-0.2, 0) is 19.1 Å². The molecule has 0 aliphatic carbocycles. The van der Waals surface area contributed by atoms with Crippen molar-refractivity contribution in [2.75, 3.05) is 7.11 Å². The molecule has 1 aromatic rings. The van der Waals surface area contributed by atoms with Crippen molar-refractivity contribution in [2.45, 2.75) is 19.4 Å². The monoisotopic (exact) mass is 275 g/mol. The maximum Gasteiger partial charge on any atom is 0.336 e. The molecule has 0 aliphatic rings. The SMILES string of the molecule is CCC(=O)C(NC(=O)/C=C/c1ccccc1)C(=O)OC. The number of benzene rings is 1. The van der Waals surface area contributed by atoms with Gasteiger partial charge in [-0.1, -0.05) is 37.3 Å². The van der Waals surface area contributed by atoms with Crippen LogP contribution in [0.25, 0.3) is 6.08 Å². The molecule has 1 aromatic carbocycles. The van der Waals surface area contributed by atoms with Crippen LogP contribution in [0.2, 0.25) is 0 Å². The number of ether oxygens (including phenoxy) is 1. The van der Waals surface area contributed by atoms with E-state index in [-0.39, 0.29) is 6.42 Å². The quantitative estimate of drug-likeness (QED) is 0.483. The maximum absolute atomic E-state index is 11.7. The van der Waals surface area contributed by atoms with Crippen molar-refractivity contribution in [3.05, 3.63) is 42.0 Å². The van der Waals surface area contributed by atoms with Crippen molar-refractivity contribution in [1.29, 1.82) is 0 Å². The first-order chi connectivity index (χ1) is 9.58. The second-order valence-corrected chi connectivity index (χ2v) is 4.03. The molecule has 0 bridgehead atoms. The predicted octanol–water partition coefficient (Wildman–Crippen LogP) is 1.34. The summed E-state index contributed by atoms with van der Waals surface area (Å²) in [6.07, 6.45) is 3.01. The van der Waals surface area contributed by atoms with E-state index in [1.807, 2.05) is 30.3 Å². The molecule has 0 fully saturated rings. The van der Waals surface area contributed by atoms with Crippen LogP contribution < -0.4 is 5.32 Å². The van der Waals surface area contributed by atoms with Crippen molar-refractivity contribution in [3.8, 4) is 0 Å². The van der Waals surface area contributed by atoms with Gasteiger partial charge in [-0.25, -0.2) is 4.79 Å². The summed E-state index contributed by atoms with van der Waals surface area (Å²) in [6, 6.07) is 7.96. The van der Waals surface area contributed by atoms with E-state index >= 15 is 0 Å². The van der Waals surface area contributed by atoms with E-state index < -0.39 is 23.7 Å². The summed E-state index contributed by atoms with van der Waals surface area (Å²) in [5, 5.41) is 2.34. The molecule has 1 unspecified atom stereocenters. The van der Waals surface area contributed by atoms with Crippen LogP contribution in [0, 0.1) is 0 Å². The molecule has 1 amide bonds. The fourth-order valence-corrected chi connectivity index (χ4v) is 1.52. The number of methoxy groups -OCH3 is 1. The predicted molar refractivity (Wildman–Crippen MR) is 74.7 cm³/mol. The summed E-state index contributed by atoms with van der Waals surface area (Å²) in [5.41, 5.74) is 0.846. The Morgan fingerprint density at radius 2 is 1.90 bits per heavy atom. The number of carbonyl (C=O) groups is 3. The van der Waals surface area contributed by atoms with E-state index in [9.17, 15) is 14.4 Å². The zero-order chi connectivity index (χ0) is 15.0. The Bertz CT molecular complexity index is 492. The van der Waals surface area contributed by atoms with Crippen LogP contribution in [0.1, 0.15) is 18.9 Å². The van der Waals surface area contributed by atoms with Gasteiger partial charge in [0, 0.05) is 12.5 Å². The summed E-state index contributed by atoms with van der Waals surface area (Å²) < 4.78 is 4.50. The van der Waals surface area contributed by atoms with Crippen molar-refractivity contribution in [1.82, 2.24) is 5.32 Å². The van der Waals surface area contributed by atoms with Crippen molar-refractivity contribution >= 4 is 23.7 Å². The van der Waals surface area contributed by atoms with Crippen LogP contribution in [0.3, 0.4) is 0 Å². The molecule has 106 valence electrons. The molecular weight excluding hydrogens is 258 g/mol. The number of Topliss-reactive ketones (excluding diaryl/α,β-unsaturated/α-hetero) is 1. The number of amides is 1. The highest BCUT2D eigenvalue weighted by Crippen LogP contribution is 2.01. The number of nitrogens with one attached hydrogen (secondary N) is 1. The Balaban J connectivity index is 2.69. The highest BCUT2D eigenvalue weighted by Gasteiger charge is 2.26. The number of hydrogen-bond acceptors (Lipinski definition) is 4. The fraction of sp³-hybridized carbons (Fsp3) is 0.267. The van der Waals surface area contributed by atoms with Gasteiger partial charge in [0.25, 0.3) is 0 Å². The average molecular weight is 275 g/mol. The third-order valence-corrected chi connectivity index (χ3v) is 2.62. The number of hydrogen-bond donors (Lipinski definition) is 1. The lowest BCUT2D eigenvalue weighted by Crippen LogP contribution is -2.46. The number of ketones is 1. The Kier molecular flexibility index (Phi) is 6.16. The molecule has 0 aliphatic heterocycles. The molecule has 0 spiro atoms. The van der Waals surface area contributed by atoms with Crippen molar-refractivity contribution in [3.63, 3.8) is 0 Å². The van der Waals surface area contributed by atoms with Gasteiger partial charge in [-0.3, -0.25) is 9.59 Å². The van der Waals surface area contributed by atoms with E-state index in [1.165, 1.54) is 13.2 Å². The van der Waals surface area contributed by atoms with E-state index in [4.69, 9.17) is 0 Å². The van der Waals surface area contributed by atoms with E-state index in [0.717, 1.165) is 5.56 Å². The zero-order valence-electron chi connectivity index (χ0n) is 11.5. The summed E-state index contributed by atoms with van der Waals surface area (Å²) in [5.74, 6) is -1.68. The summed E-state index contributed by atoms with van der Waals surface area (Å²) in [7, 11) is 1.17. The normalized spacial score (nSPS) is 11.9. The fourth-order valence-electron chi connectivity index (χ4n) is 1.52. The molecule has 1 rings (SSSR count). The molecule has 1 N–H and O–H groups in total. The first-order valence-electron chi connectivity index (χ1n) is 6.22. The average Bonchev–Trinajstić information content (AvgIpc) is 2.50. The third-order valence-electron chi connectivity index (χ3n) is 2.62. The van der Waals surface area contributed by atoms with E-state index in [1.54, 1.807) is 13.0 Å². The molecule has 0 saturated carbocycles. The largest absolute Gasteiger partial charge is 0.467 e. The van der Waals surface area contributed by atoms with Gasteiger partial charge in [0.1, 0.15) is 0 Å². The van der Waals surface area contributed by atoms with Gasteiger partial charge in [-0.15, -0.1) is 0 Å². The lowest BCUT2D eigenvalue weighted by Gasteiger charge is -2.13. The topological polar surface area (TPSA) is 72.5 Å². The number of rotatable bonds is 6. The van der Waals surface area contributed by atoms with Crippen LogP contribution >= 0.6 is 0 Å². The Labute approximate surface area is 117 Å². The van der Waals surface area contributed by atoms with Crippen LogP contribution in [0.15, 0.2) is 36.4 Å². The van der Waals surface area contributed by atoms with Crippen molar-refractivity contribution in [2.24, 2.45) is 0 Å². The molecule has 5 nitrogen and oxygen atoms in total. The van der Waals surface area contributed by atoms with Gasteiger partial charge >= 0.3 is 5.97 Å². The minimum atomic E-state index is -1.25. The van der Waals surface area contributed by atoms with Gasteiger partial charge in [0.05, 0.1) is 7.11 Å². The van der Waals surface area contributed by atoms with Gasteiger partial charge in [-0.05, 0) is 11.6 Å². The first-order valence-corrected chi connectivity index (χ1v) is 6.22. The number of esters is 1. The Morgan fingerprint density at radius 1 is 1.25 bits per heavy atom.